The zero-order valence-corrected chi connectivity index (χ0v) is 24.6. The molecule has 2 aliphatic heterocycles. The van der Waals surface area contributed by atoms with Gasteiger partial charge in [-0.1, -0.05) is 48.9 Å². The standard InChI is InChI=1S/C33H43N3O5/c1-4-40-33(39)32-25(3)36(22-30(37)34-18-10-20-35-19-9-8-11-24(35)2)31(38)21-29(32)27-14-16-28(17-15-27)41-23-26-12-6-5-7-13-26/h5-7,12-17,24,29H,4,8-11,18-23H2,1-3H3,(H,34,37)/t24-,29-/m0/s1. The van der Waals surface area contributed by atoms with Crippen LogP contribution in [0.4, 0.5) is 0 Å². The summed E-state index contributed by atoms with van der Waals surface area (Å²) in [5, 5.41) is 2.96. The highest BCUT2D eigenvalue weighted by Crippen LogP contribution is 2.37. The second-order valence-electron chi connectivity index (χ2n) is 10.9. The van der Waals surface area contributed by atoms with E-state index in [0.717, 1.165) is 30.6 Å². The number of ether oxygens (including phenoxy) is 2. The Hall–Kier alpha value is -3.65. The van der Waals surface area contributed by atoms with Gasteiger partial charge in [-0.15, -0.1) is 0 Å². The van der Waals surface area contributed by atoms with Crippen LogP contribution in [0.3, 0.4) is 0 Å². The molecule has 0 aromatic heterocycles. The number of carbonyl (C=O) groups is 3. The molecule has 1 N–H and O–H groups in total. The second-order valence-corrected chi connectivity index (χ2v) is 10.9. The third-order valence-corrected chi connectivity index (χ3v) is 8.04. The number of benzene rings is 2. The third kappa shape index (κ3) is 8.19. The smallest absolute Gasteiger partial charge is 0.336 e. The highest BCUT2D eigenvalue weighted by molar-refractivity contribution is 5.97. The number of allylic oxidation sites excluding steroid dienone is 1. The molecule has 0 radical (unpaired) electrons. The maximum Gasteiger partial charge on any atom is 0.336 e. The van der Waals surface area contributed by atoms with E-state index in [2.05, 4.69) is 17.1 Å². The van der Waals surface area contributed by atoms with Gasteiger partial charge in [-0.3, -0.25) is 9.59 Å². The minimum Gasteiger partial charge on any atom is -0.489 e. The Kier molecular flexibility index (Phi) is 11.0. The molecule has 0 aliphatic carbocycles. The summed E-state index contributed by atoms with van der Waals surface area (Å²) in [6, 6.07) is 18.0. The predicted octanol–water partition coefficient (Wildman–Crippen LogP) is 4.80. The fourth-order valence-corrected chi connectivity index (χ4v) is 5.70. The van der Waals surface area contributed by atoms with Crippen LogP contribution in [0.5, 0.6) is 5.75 Å². The summed E-state index contributed by atoms with van der Waals surface area (Å²) < 4.78 is 11.3. The van der Waals surface area contributed by atoms with Crippen LogP contribution in [-0.2, 0) is 25.7 Å². The van der Waals surface area contributed by atoms with Gasteiger partial charge in [-0.05, 0) is 69.8 Å². The van der Waals surface area contributed by atoms with Gasteiger partial charge in [0, 0.05) is 37.2 Å². The first-order valence-corrected chi connectivity index (χ1v) is 14.8. The quantitative estimate of drug-likeness (QED) is 0.296. The molecule has 8 nitrogen and oxygen atoms in total. The molecule has 0 saturated carbocycles. The van der Waals surface area contributed by atoms with E-state index in [1.54, 1.807) is 13.8 Å². The summed E-state index contributed by atoms with van der Waals surface area (Å²) in [6.45, 7) is 8.91. The molecule has 2 heterocycles. The fourth-order valence-electron chi connectivity index (χ4n) is 5.70. The minimum atomic E-state index is -0.465. The topological polar surface area (TPSA) is 88.2 Å². The van der Waals surface area contributed by atoms with Crippen LogP contribution in [0, 0.1) is 0 Å². The molecule has 2 atom stereocenters. The van der Waals surface area contributed by atoms with E-state index in [9.17, 15) is 14.4 Å². The largest absolute Gasteiger partial charge is 0.489 e. The maximum atomic E-state index is 13.3. The van der Waals surface area contributed by atoms with Crippen molar-refractivity contribution >= 4 is 17.8 Å². The van der Waals surface area contributed by atoms with Gasteiger partial charge in [0.15, 0.2) is 0 Å². The van der Waals surface area contributed by atoms with E-state index in [0.29, 0.717) is 36.2 Å². The number of piperidine rings is 1. The van der Waals surface area contributed by atoms with Crippen LogP contribution in [0.1, 0.15) is 69.9 Å². The van der Waals surface area contributed by atoms with E-state index in [-0.39, 0.29) is 31.4 Å². The molecule has 0 unspecified atom stereocenters. The SMILES string of the molecule is CCOC(=O)C1=C(C)N(CC(=O)NCCCN2CCCC[C@@H]2C)C(=O)C[C@H]1c1ccc(OCc2ccccc2)cc1. The van der Waals surface area contributed by atoms with Crippen LogP contribution < -0.4 is 10.1 Å². The van der Waals surface area contributed by atoms with Gasteiger partial charge in [-0.2, -0.15) is 0 Å². The number of nitrogens with one attached hydrogen (secondary N) is 1. The van der Waals surface area contributed by atoms with Crippen molar-refractivity contribution in [3.8, 4) is 5.75 Å². The number of esters is 1. The summed E-state index contributed by atoms with van der Waals surface area (Å²) in [6.07, 6.45) is 4.69. The molecule has 41 heavy (non-hydrogen) atoms. The summed E-state index contributed by atoms with van der Waals surface area (Å²) in [4.78, 5) is 43.1. The Balaban J connectivity index is 1.40. The number of rotatable bonds is 12. The zero-order chi connectivity index (χ0) is 29.2. The summed E-state index contributed by atoms with van der Waals surface area (Å²) in [5.41, 5.74) is 2.77. The molecule has 2 amide bonds. The lowest BCUT2D eigenvalue weighted by molar-refractivity contribution is -0.141. The molecule has 8 heteroatoms. The third-order valence-electron chi connectivity index (χ3n) is 8.04. The van der Waals surface area contributed by atoms with E-state index < -0.39 is 11.9 Å². The average molecular weight is 562 g/mol. The van der Waals surface area contributed by atoms with E-state index in [1.807, 2.05) is 54.6 Å². The first-order chi connectivity index (χ1) is 19.9. The van der Waals surface area contributed by atoms with Crippen molar-refractivity contribution < 1.29 is 23.9 Å². The first kappa shape index (κ1) is 30.3. The molecular formula is C33H43N3O5. The number of hydrogen-bond donors (Lipinski definition) is 1. The van der Waals surface area contributed by atoms with Gasteiger partial charge in [0.2, 0.25) is 11.8 Å². The van der Waals surface area contributed by atoms with Crippen LogP contribution >= 0.6 is 0 Å². The number of nitrogens with zero attached hydrogens (tertiary/aromatic N) is 2. The lowest BCUT2D eigenvalue weighted by Gasteiger charge is -2.34. The predicted molar refractivity (Wildman–Crippen MR) is 158 cm³/mol. The molecule has 1 fully saturated rings. The maximum absolute atomic E-state index is 13.3. The Morgan fingerprint density at radius 1 is 1.05 bits per heavy atom. The Morgan fingerprint density at radius 2 is 1.80 bits per heavy atom. The van der Waals surface area contributed by atoms with Gasteiger partial charge >= 0.3 is 5.97 Å². The number of likely N-dealkylation sites (tertiary alicyclic amines) is 1. The van der Waals surface area contributed by atoms with Crippen LogP contribution in [0.2, 0.25) is 0 Å². The molecule has 4 rings (SSSR count). The van der Waals surface area contributed by atoms with Gasteiger partial charge in [0.25, 0.3) is 0 Å². The number of amides is 2. The molecule has 2 aromatic rings. The highest BCUT2D eigenvalue weighted by Gasteiger charge is 2.37. The van der Waals surface area contributed by atoms with Crippen molar-refractivity contribution in [2.45, 2.75) is 71.4 Å². The van der Waals surface area contributed by atoms with Gasteiger partial charge in [-0.25, -0.2) is 4.79 Å². The fraction of sp³-hybridized carbons (Fsp3) is 0.485. The van der Waals surface area contributed by atoms with E-state index in [1.165, 1.54) is 24.2 Å². The Labute approximate surface area is 243 Å². The van der Waals surface area contributed by atoms with Crippen molar-refractivity contribution in [3.05, 3.63) is 77.0 Å². The first-order valence-electron chi connectivity index (χ1n) is 14.8. The van der Waals surface area contributed by atoms with Crippen molar-refractivity contribution in [2.24, 2.45) is 0 Å². The van der Waals surface area contributed by atoms with Crippen molar-refractivity contribution in [2.75, 3.05) is 32.8 Å². The molecular weight excluding hydrogens is 518 g/mol. The highest BCUT2D eigenvalue weighted by atomic mass is 16.5. The lowest BCUT2D eigenvalue weighted by Crippen LogP contribution is -2.44. The van der Waals surface area contributed by atoms with Crippen LogP contribution in [0.25, 0.3) is 0 Å². The van der Waals surface area contributed by atoms with Crippen molar-refractivity contribution in [1.82, 2.24) is 15.1 Å². The van der Waals surface area contributed by atoms with Gasteiger partial charge in [0.1, 0.15) is 18.9 Å². The number of carbonyl (C=O) groups excluding carboxylic acids is 3. The summed E-state index contributed by atoms with van der Waals surface area (Å²) >= 11 is 0. The second kappa shape index (κ2) is 14.8. The lowest BCUT2D eigenvalue weighted by atomic mass is 9.83. The summed E-state index contributed by atoms with van der Waals surface area (Å²) in [5.74, 6) is -0.650. The van der Waals surface area contributed by atoms with Crippen molar-refractivity contribution in [3.63, 3.8) is 0 Å². The van der Waals surface area contributed by atoms with E-state index >= 15 is 0 Å². The summed E-state index contributed by atoms with van der Waals surface area (Å²) in [7, 11) is 0. The Morgan fingerprint density at radius 3 is 2.51 bits per heavy atom. The van der Waals surface area contributed by atoms with Crippen LogP contribution in [0.15, 0.2) is 65.9 Å². The molecule has 220 valence electrons. The van der Waals surface area contributed by atoms with Crippen LogP contribution in [-0.4, -0.2) is 66.4 Å². The Bertz CT molecular complexity index is 1210. The van der Waals surface area contributed by atoms with Gasteiger partial charge in [0.05, 0.1) is 12.2 Å². The molecule has 0 spiro atoms. The molecule has 2 aromatic carbocycles. The van der Waals surface area contributed by atoms with Gasteiger partial charge < -0.3 is 24.6 Å². The number of hydrogen-bond acceptors (Lipinski definition) is 6. The normalized spacial score (nSPS) is 19.7. The molecule has 1 saturated heterocycles. The van der Waals surface area contributed by atoms with Crippen molar-refractivity contribution in [1.29, 1.82) is 0 Å². The van der Waals surface area contributed by atoms with E-state index in [4.69, 9.17) is 9.47 Å². The average Bonchev–Trinajstić information content (AvgIpc) is 2.98. The zero-order valence-electron chi connectivity index (χ0n) is 24.6. The monoisotopic (exact) mass is 561 g/mol. The molecule has 2 aliphatic rings. The molecule has 0 bridgehead atoms. The minimum absolute atomic E-state index is 0.0792.